The Labute approximate surface area is 139 Å². The van der Waals surface area contributed by atoms with Gasteiger partial charge < -0.3 is 14.2 Å². The Kier molecular flexibility index (Phi) is 4.54. The van der Waals surface area contributed by atoms with Crippen LogP contribution in [0.4, 0.5) is 0 Å². The van der Waals surface area contributed by atoms with E-state index in [-0.39, 0.29) is 18.1 Å². The molecule has 0 saturated heterocycles. The second-order valence-electron chi connectivity index (χ2n) is 5.30. The Morgan fingerprint density at radius 2 is 1.96 bits per heavy atom. The van der Waals surface area contributed by atoms with Gasteiger partial charge in [0.25, 0.3) is 0 Å². The van der Waals surface area contributed by atoms with Gasteiger partial charge in [-0.05, 0) is 41.1 Å². The summed E-state index contributed by atoms with van der Waals surface area (Å²) in [6, 6.07) is 7.55. The van der Waals surface area contributed by atoms with Crippen LogP contribution in [-0.2, 0) is 16.0 Å². The van der Waals surface area contributed by atoms with Crippen LogP contribution in [0.15, 0.2) is 29.6 Å². The molecule has 0 radical (unpaired) electrons. The van der Waals surface area contributed by atoms with Gasteiger partial charge >= 0.3 is 5.97 Å². The van der Waals surface area contributed by atoms with Crippen molar-refractivity contribution >= 4 is 17.3 Å². The Balaban J connectivity index is 2.09. The molecule has 5 nitrogen and oxygen atoms in total. The molecule has 0 fully saturated rings. The minimum absolute atomic E-state index is 0.0670. The molecule has 0 amide bonds. The van der Waals surface area contributed by atoms with Crippen molar-refractivity contribution < 1.29 is 19.0 Å². The van der Waals surface area contributed by atoms with E-state index in [2.05, 4.69) is 11.4 Å². The summed E-state index contributed by atoms with van der Waals surface area (Å²) >= 11 is 1.65. The lowest BCUT2D eigenvalue weighted by Gasteiger charge is -2.32. The fourth-order valence-electron chi connectivity index (χ4n) is 2.94. The molecule has 2 heterocycles. The molecule has 0 unspecified atom stereocenters. The third-order valence-electron chi connectivity index (χ3n) is 4.06. The summed E-state index contributed by atoms with van der Waals surface area (Å²) in [4.78, 5) is 13.2. The summed E-state index contributed by atoms with van der Waals surface area (Å²) in [6.07, 6.45) is 0.560. The number of esters is 1. The lowest BCUT2D eigenvalue weighted by Crippen LogP contribution is -2.45. The van der Waals surface area contributed by atoms with E-state index >= 15 is 0 Å². The molecule has 1 aromatic heterocycles. The Bertz CT molecular complexity index is 699. The largest absolute Gasteiger partial charge is 0.493 e. The van der Waals surface area contributed by atoms with Gasteiger partial charge in [-0.3, -0.25) is 10.1 Å². The van der Waals surface area contributed by atoms with Crippen molar-refractivity contribution in [1.29, 1.82) is 0 Å². The summed E-state index contributed by atoms with van der Waals surface area (Å²) in [7, 11) is 4.64. The standard InChI is InChI=1S/C17H19NO4S/c1-20-13-8-10-7-12(17(19)22-3)18-16(15-5-4-6-23-15)11(10)9-14(13)21-2/h4-6,8-9,12,16,18H,7H2,1-3H3/t12-,16-/m0/s1. The molecule has 0 bridgehead atoms. The topological polar surface area (TPSA) is 56.8 Å². The monoisotopic (exact) mass is 333 g/mol. The number of hydrogen-bond acceptors (Lipinski definition) is 6. The normalized spacial score (nSPS) is 19.8. The highest BCUT2D eigenvalue weighted by Gasteiger charge is 2.33. The molecule has 23 heavy (non-hydrogen) atoms. The maximum absolute atomic E-state index is 12.0. The highest BCUT2D eigenvalue weighted by Crippen LogP contribution is 2.39. The van der Waals surface area contributed by atoms with E-state index in [0.29, 0.717) is 17.9 Å². The maximum Gasteiger partial charge on any atom is 0.323 e. The van der Waals surface area contributed by atoms with Crippen LogP contribution in [0.5, 0.6) is 11.5 Å². The van der Waals surface area contributed by atoms with Crippen LogP contribution < -0.4 is 14.8 Å². The van der Waals surface area contributed by atoms with Gasteiger partial charge in [0.15, 0.2) is 11.5 Å². The van der Waals surface area contributed by atoms with Crippen LogP contribution in [0.1, 0.15) is 22.0 Å². The number of ether oxygens (including phenoxy) is 3. The fraction of sp³-hybridized carbons (Fsp3) is 0.353. The van der Waals surface area contributed by atoms with E-state index in [9.17, 15) is 4.79 Å². The number of fused-ring (bicyclic) bond motifs is 1. The average Bonchev–Trinajstić information content (AvgIpc) is 3.13. The second-order valence-corrected chi connectivity index (χ2v) is 6.28. The lowest BCUT2D eigenvalue weighted by atomic mass is 9.89. The first-order valence-electron chi connectivity index (χ1n) is 7.30. The van der Waals surface area contributed by atoms with E-state index in [1.54, 1.807) is 25.6 Å². The molecule has 1 aliphatic rings. The summed E-state index contributed by atoms with van der Waals surface area (Å²) in [5, 5.41) is 5.42. The second kappa shape index (κ2) is 6.60. The van der Waals surface area contributed by atoms with Gasteiger partial charge in [0.05, 0.1) is 27.4 Å². The predicted octanol–water partition coefficient (Wildman–Crippen LogP) is 2.54. The zero-order chi connectivity index (χ0) is 16.4. The molecule has 1 aliphatic heterocycles. The van der Waals surface area contributed by atoms with Gasteiger partial charge in [-0.1, -0.05) is 6.07 Å². The quantitative estimate of drug-likeness (QED) is 0.872. The highest BCUT2D eigenvalue weighted by atomic mass is 32.1. The van der Waals surface area contributed by atoms with Crippen molar-refractivity contribution in [2.24, 2.45) is 0 Å². The van der Waals surface area contributed by atoms with Crippen LogP contribution in [0.2, 0.25) is 0 Å². The molecule has 2 atom stereocenters. The van der Waals surface area contributed by atoms with E-state index < -0.39 is 0 Å². The lowest BCUT2D eigenvalue weighted by molar-refractivity contribution is -0.143. The van der Waals surface area contributed by atoms with Crippen LogP contribution in [-0.4, -0.2) is 33.3 Å². The van der Waals surface area contributed by atoms with Gasteiger partial charge in [0, 0.05) is 4.88 Å². The summed E-state index contributed by atoms with van der Waals surface area (Å²) < 4.78 is 15.7. The molecule has 0 saturated carbocycles. The van der Waals surface area contributed by atoms with Crippen molar-refractivity contribution in [2.45, 2.75) is 18.5 Å². The average molecular weight is 333 g/mol. The first kappa shape index (κ1) is 15.8. The molecule has 0 aliphatic carbocycles. The number of carbonyl (C=O) groups is 1. The fourth-order valence-corrected chi connectivity index (χ4v) is 3.74. The van der Waals surface area contributed by atoms with Gasteiger partial charge in [-0.25, -0.2) is 0 Å². The number of thiophene rings is 1. The van der Waals surface area contributed by atoms with Crippen LogP contribution >= 0.6 is 11.3 Å². The van der Waals surface area contributed by atoms with Gasteiger partial charge in [0.2, 0.25) is 0 Å². The molecule has 3 rings (SSSR count). The first-order chi connectivity index (χ1) is 11.2. The number of benzene rings is 1. The van der Waals surface area contributed by atoms with Crippen molar-refractivity contribution in [1.82, 2.24) is 5.32 Å². The summed E-state index contributed by atoms with van der Waals surface area (Å²) in [5.41, 5.74) is 2.17. The number of rotatable bonds is 4. The Morgan fingerprint density at radius 1 is 1.22 bits per heavy atom. The minimum atomic E-state index is -0.377. The van der Waals surface area contributed by atoms with Gasteiger partial charge in [0.1, 0.15) is 6.04 Å². The predicted molar refractivity (Wildman–Crippen MR) is 88.4 cm³/mol. The number of carbonyl (C=O) groups excluding carboxylic acids is 1. The minimum Gasteiger partial charge on any atom is -0.493 e. The first-order valence-corrected chi connectivity index (χ1v) is 8.18. The Hall–Kier alpha value is -2.05. The van der Waals surface area contributed by atoms with Crippen LogP contribution in [0, 0.1) is 0 Å². The number of hydrogen-bond donors (Lipinski definition) is 1. The number of nitrogens with one attached hydrogen (secondary N) is 1. The smallest absolute Gasteiger partial charge is 0.323 e. The molecular weight excluding hydrogens is 314 g/mol. The molecule has 122 valence electrons. The van der Waals surface area contributed by atoms with E-state index in [4.69, 9.17) is 14.2 Å². The van der Waals surface area contributed by atoms with Crippen LogP contribution in [0.3, 0.4) is 0 Å². The Morgan fingerprint density at radius 3 is 2.57 bits per heavy atom. The maximum atomic E-state index is 12.0. The van der Waals surface area contributed by atoms with E-state index in [1.807, 2.05) is 23.6 Å². The van der Waals surface area contributed by atoms with Crippen molar-refractivity contribution in [3.63, 3.8) is 0 Å². The van der Waals surface area contributed by atoms with Gasteiger partial charge in [-0.2, -0.15) is 0 Å². The highest BCUT2D eigenvalue weighted by molar-refractivity contribution is 7.10. The third-order valence-corrected chi connectivity index (χ3v) is 5.00. The van der Waals surface area contributed by atoms with Crippen LogP contribution in [0.25, 0.3) is 0 Å². The molecule has 1 aromatic carbocycles. The zero-order valence-electron chi connectivity index (χ0n) is 13.3. The zero-order valence-corrected chi connectivity index (χ0v) is 14.1. The van der Waals surface area contributed by atoms with E-state index in [0.717, 1.165) is 16.0 Å². The molecule has 1 N–H and O–H groups in total. The summed E-state index contributed by atoms with van der Waals surface area (Å²) in [5.74, 6) is 1.10. The summed E-state index contributed by atoms with van der Waals surface area (Å²) in [6.45, 7) is 0. The van der Waals surface area contributed by atoms with Crippen molar-refractivity contribution in [3.05, 3.63) is 45.6 Å². The molecular formula is C17H19NO4S. The molecule has 2 aromatic rings. The van der Waals surface area contributed by atoms with E-state index in [1.165, 1.54) is 7.11 Å². The van der Waals surface area contributed by atoms with Crippen molar-refractivity contribution in [2.75, 3.05) is 21.3 Å². The molecule has 0 spiro atoms. The molecule has 6 heteroatoms. The number of methoxy groups -OCH3 is 3. The van der Waals surface area contributed by atoms with Gasteiger partial charge in [-0.15, -0.1) is 11.3 Å². The SMILES string of the molecule is COC(=O)[C@@H]1Cc2cc(OC)c(OC)cc2[C@@H](c2cccs2)N1. The van der Waals surface area contributed by atoms with Crippen molar-refractivity contribution in [3.8, 4) is 11.5 Å². The third kappa shape index (κ3) is 2.92.